The minimum atomic E-state index is -0.0665. The fraction of sp³-hybridized carbons (Fsp3) is 0.111. The summed E-state index contributed by atoms with van der Waals surface area (Å²) in [7, 11) is 0. The molecule has 1 fully saturated rings. The topological polar surface area (TPSA) is 20.3 Å². The molecule has 0 unspecified atom stereocenters. The van der Waals surface area contributed by atoms with E-state index in [9.17, 15) is 4.79 Å². The van der Waals surface area contributed by atoms with Crippen molar-refractivity contribution in [2.45, 2.75) is 13.8 Å². The highest BCUT2D eigenvalue weighted by Crippen LogP contribution is 2.36. The summed E-state index contributed by atoms with van der Waals surface area (Å²) < 4.78 is 1.55. The fourth-order valence-corrected chi connectivity index (χ4v) is 4.02. The number of anilines is 1. The Morgan fingerprint density at radius 2 is 1.91 bits per heavy atom. The molecule has 0 aliphatic carbocycles. The third-order valence-electron chi connectivity index (χ3n) is 3.69. The second-order valence-corrected chi connectivity index (χ2v) is 7.93. The lowest BCUT2D eigenvalue weighted by Crippen LogP contribution is -2.27. The van der Waals surface area contributed by atoms with Crippen LogP contribution in [0, 0.1) is 13.8 Å². The van der Waals surface area contributed by atoms with Crippen LogP contribution in [0.4, 0.5) is 5.69 Å². The lowest BCUT2D eigenvalue weighted by Gasteiger charge is -2.15. The van der Waals surface area contributed by atoms with Gasteiger partial charge in [0.2, 0.25) is 0 Å². The van der Waals surface area contributed by atoms with Gasteiger partial charge in [-0.2, -0.15) is 0 Å². The van der Waals surface area contributed by atoms with Gasteiger partial charge in [0.15, 0.2) is 4.32 Å². The molecule has 2 aromatic rings. The average molecular weight is 404 g/mol. The highest BCUT2D eigenvalue weighted by molar-refractivity contribution is 9.10. The van der Waals surface area contributed by atoms with E-state index in [0.29, 0.717) is 9.23 Å². The average Bonchev–Trinajstić information content (AvgIpc) is 2.77. The standard InChI is InChI=1S/C18H14BrNOS2/c1-11-6-7-15(8-12(11)2)20-17(21)16(23-18(20)22)10-13-4-3-5-14(19)9-13/h3-10H,1-2H3. The third-order valence-corrected chi connectivity index (χ3v) is 5.48. The number of hydrogen-bond donors (Lipinski definition) is 0. The Bertz CT molecular complexity index is 845. The molecule has 0 spiro atoms. The van der Waals surface area contributed by atoms with Crippen molar-refractivity contribution in [1.82, 2.24) is 0 Å². The second kappa shape index (κ2) is 6.59. The van der Waals surface area contributed by atoms with Gasteiger partial charge in [-0.05, 0) is 60.9 Å². The fourth-order valence-electron chi connectivity index (χ4n) is 2.30. The number of amides is 1. The number of nitrogens with zero attached hydrogens (tertiary/aromatic N) is 1. The molecular weight excluding hydrogens is 390 g/mol. The number of halogens is 1. The largest absolute Gasteiger partial charge is 0.270 e. The maximum atomic E-state index is 12.7. The van der Waals surface area contributed by atoms with Crippen molar-refractivity contribution < 1.29 is 4.79 Å². The first kappa shape index (κ1) is 16.4. The molecule has 0 aromatic heterocycles. The molecule has 2 nitrogen and oxygen atoms in total. The van der Waals surface area contributed by atoms with Gasteiger partial charge < -0.3 is 0 Å². The van der Waals surface area contributed by atoms with Gasteiger partial charge in [-0.15, -0.1) is 0 Å². The summed E-state index contributed by atoms with van der Waals surface area (Å²) >= 11 is 10.2. The Morgan fingerprint density at radius 1 is 1.13 bits per heavy atom. The SMILES string of the molecule is Cc1ccc(N2C(=O)C(=Cc3cccc(Br)c3)SC2=S)cc1C. The van der Waals surface area contributed by atoms with Gasteiger partial charge in [-0.25, -0.2) is 0 Å². The first-order chi connectivity index (χ1) is 11.0. The summed E-state index contributed by atoms with van der Waals surface area (Å²) in [4.78, 5) is 15.0. The number of aryl methyl sites for hydroxylation is 2. The summed E-state index contributed by atoms with van der Waals surface area (Å²) in [6.07, 6.45) is 1.88. The van der Waals surface area contributed by atoms with E-state index in [-0.39, 0.29) is 5.91 Å². The molecule has 23 heavy (non-hydrogen) atoms. The minimum Gasteiger partial charge on any atom is -0.268 e. The van der Waals surface area contributed by atoms with Crippen molar-refractivity contribution in [3.8, 4) is 0 Å². The van der Waals surface area contributed by atoms with E-state index >= 15 is 0 Å². The van der Waals surface area contributed by atoms with Crippen molar-refractivity contribution in [1.29, 1.82) is 0 Å². The van der Waals surface area contributed by atoms with E-state index in [4.69, 9.17) is 12.2 Å². The molecule has 2 aromatic carbocycles. The van der Waals surface area contributed by atoms with E-state index in [1.807, 2.05) is 55.5 Å². The van der Waals surface area contributed by atoms with E-state index in [2.05, 4.69) is 22.9 Å². The molecule has 116 valence electrons. The Labute approximate surface area is 153 Å². The molecule has 1 amide bonds. The zero-order valence-corrected chi connectivity index (χ0v) is 15.9. The number of carbonyl (C=O) groups excluding carboxylic acids is 1. The second-order valence-electron chi connectivity index (χ2n) is 5.34. The van der Waals surface area contributed by atoms with Crippen molar-refractivity contribution in [3.05, 3.63) is 68.5 Å². The minimum absolute atomic E-state index is 0.0665. The Balaban J connectivity index is 1.95. The number of hydrogen-bond acceptors (Lipinski definition) is 3. The van der Waals surface area contributed by atoms with Crippen LogP contribution in [0.3, 0.4) is 0 Å². The molecule has 1 saturated heterocycles. The maximum Gasteiger partial charge on any atom is 0.270 e. The number of thioether (sulfide) groups is 1. The van der Waals surface area contributed by atoms with Gasteiger partial charge in [0.05, 0.1) is 10.6 Å². The van der Waals surface area contributed by atoms with E-state index < -0.39 is 0 Å². The Kier molecular flexibility index (Phi) is 4.71. The van der Waals surface area contributed by atoms with Crippen molar-refractivity contribution in [2.24, 2.45) is 0 Å². The first-order valence-corrected chi connectivity index (χ1v) is 9.08. The number of carbonyl (C=O) groups is 1. The third kappa shape index (κ3) is 3.42. The molecule has 0 atom stereocenters. The first-order valence-electron chi connectivity index (χ1n) is 7.06. The summed E-state index contributed by atoms with van der Waals surface area (Å²) in [5, 5.41) is 0. The lowest BCUT2D eigenvalue weighted by molar-refractivity contribution is -0.113. The van der Waals surface area contributed by atoms with Gasteiger partial charge >= 0.3 is 0 Å². The zero-order valence-electron chi connectivity index (χ0n) is 12.7. The molecule has 1 aliphatic heterocycles. The quantitative estimate of drug-likeness (QED) is 0.489. The predicted molar refractivity (Wildman–Crippen MR) is 106 cm³/mol. The molecule has 3 rings (SSSR count). The smallest absolute Gasteiger partial charge is 0.268 e. The number of rotatable bonds is 2. The molecular formula is C18H14BrNOS2. The molecule has 0 N–H and O–H groups in total. The Hall–Kier alpha value is -1.43. The normalized spacial score (nSPS) is 16.5. The number of benzene rings is 2. The van der Waals surface area contributed by atoms with Gasteiger partial charge in [-0.3, -0.25) is 9.69 Å². The summed E-state index contributed by atoms with van der Waals surface area (Å²) in [6.45, 7) is 4.09. The molecule has 0 bridgehead atoms. The zero-order chi connectivity index (χ0) is 16.6. The van der Waals surface area contributed by atoms with Crippen LogP contribution in [0.25, 0.3) is 6.08 Å². The number of thiocarbonyl (C=S) groups is 1. The van der Waals surface area contributed by atoms with Crippen LogP contribution in [-0.4, -0.2) is 10.2 Å². The molecule has 0 saturated carbocycles. The summed E-state index contributed by atoms with van der Waals surface area (Å²) in [5.74, 6) is -0.0665. The van der Waals surface area contributed by atoms with Gasteiger partial charge in [-0.1, -0.05) is 58.1 Å². The predicted octanol–water partition coefficient (Wildman–Crippen LogP) is 5.47. The van der Waals surface area contributed by atoms with Crippen LogP contribution < -0.4 is 4.90 Å². The van der Waals surface area contributed by atoms with E-state index in [0.717, 1.165) is 21.3 Å². The van der Waals surface area contributed by atoms with Crippen molar-refractivity contribution >= 4 is 61.9 Å². The summed E-state index contributed by atoms with van der Waals surface area (Å²) in [5.41, 5.74) is 4.14. The van der Waals surface area contributed by atoms with Gasteiger partial charge in [0, 0.05) is 4.47 Å². The molecule has 0 radical (unpaired) electrons. The van der Waals surface area contributed by atoms with Crippen LogP contribution in [0.1, 0.15) is 16.7 Å². The van der Waals surface area contributed by atoms with E-state index in [1.165, 1.54) is 17.3 Å². The van der Waals surface area contributed by atoms with Crippen LogP contribution in [0.5, 0.6) is 0 Å². The highest BCUT2D eigenvalue weighted by Gasteiger charge is 2.33. The summed E-state index contributed by atoms with van der Waals surface area (Å²) in [6, 6.07) is 13.8. The van der Waals surface area contributed by atoms with Crippen LogP contribution in [0.2, 0.25) is 0 Å². The van der Waals surface area contributed by atoms with Crippen LogP contribution in [-0.2, 0) is 4.79 Å². The molecule has 5 heteroatoms. The highest BCUT2D eigenvalue weighted by atomic mass is 79.9. The van der Waals surface area contributed by atoms with Crippen molar-refractivity contribution in [2.75, 3.05) is 4.90 Å². The lowest BCUT2D eigenvalue weighted by atomic mass is 10.1. The van der Waals surface area contributed by atoms with Gasteiger partial charge in [0.25, 0.3) is 5.91 Å². The van der Waals surface area contributed by atoms with E-state index in [1.54, 1.807) is 4.90 Å². The maximum absolute atomic E-state index is 12.7. The van der Waals surface area contributed by atoms with Gasteiger partial charge in [0.1, 0.15) is 0 Å². The molecule has 1 aliphatic rings. The van der Waals surface area contributed by atoms with Crippen LogP contribution >= 0.6 is 39.9 Å². The van der Waals surface area contributed by atoms with Crippen molar-refractivity contribution in [3.63, 3.8) is 0 Å². The molecule has 1 heterocycles. The Morgan fingerprint density at radius 3 is 2.61 bits per heavy atom. The van der Waals surface area contributed by atoms with Crippen LogP contribution in [0.15, 0.2) is 51.8 Å². The monoisotopic (exact) mass is 403 g/mol.